The summed E-state index contributed by atoms with van der Waals surface area (Å²) >= 11 is 0. The molecule has 1 amide bonds. The zero-order valence-corrected chi connectivity index (χ0v) is 13.3. The summed E-state index contributed by atoms with van der Waals surface area (Å²) in [5.41, 5.74) is 0.496. The SMILES string of the molecule is CCc1ccc(S(=O)(=O)C(C)C(=O)N(C)C)cc1C(=O)O. The Morgan fingerprint density at radius 3 is 2.29 bits per heavy atom. The molecule has 0 saturated heterocycles. The van der Waals surface area contributed by atoms with E-state index in [9.17, 15) is 18.0 Å². The van der Waals surface area contributed by atoms with E-state index in [1.165, 1.54) is 38.1 Å². The lowest BCUT2D eigenvalue weighted by Crippen LogP contribution is -2.37. The van der Waals surface area contributed by atoms with E-state index >= 15 is 0 Å². The van der Waals surface area contributed by atoms with Crippen molar-refractivity contribution in [2.24, 2.45) is 0 Å². The first-order chi connectivity index (χ1) is 9.62. The van der Waals surface area contributed by atoms with Crippen molar-refractivity contribution in [3.8, 4) is 0 Å². The van der Waals surface area contributed by atoms with E-state index in [1.807, 2.05) is 0 Å². The Hall–Kier alpha value is -1.89. The molecule has 1 N–H and O–H groups in total. The van der Waals surface area contributed by atoms with Crippen LogP contribution in [0, 0.1) is 0 Å². The molecule has 0 aliphatic heterocycles. The predicted molar refractivity (Wildman–Crippen MR) is 78.1 cm³/mol. The van der Waals surface area contributed by atoms with Gasteiger partial charge in [0.1, 0.15) is 5.25 Å². The fraction of sp³-hybridized carbons (Fsp3) is 0.429. The second-order valence-electron chi connectivity index (χ2n) is 4.90. The van der Waals surface area contributed by atoms with Gasteiger partial charge >= 0.3 is 5.97 Å². The van der Waals surface area contributed by atoms with Gasteiger partial charge in [0, 0.05) is 14.1 Å². The van der Waals surface area contributed by atoms with Gasteiger partial charge in [0.15, 0.2) is 9.84 Å². The van der Waals surface area contributed by atoms with Crippen LogP contribution in [0.4, 0.5) is 0 Å². The van der Waals surface area contributed by atoms with E-state index in [0.29, 0.717) is 12.0 Å². The van der Waals surface area contributed by atoms with E-state index in [1.54, 1.807) is 6.92 Å². The number of aromatic carboxylic acids is 1. The van der Waals surface area contributed by atoms with Gasteiger partial charge in [-0.15, -0.1) is 0 Å². The maximum atomic E-state index is 12.4. The van der Waals surface area contributed by atoms with Crippen LogP contribution in [0.3, 0.4) is 0 Å². The summed E-state index contributed by atoms with van der Waals surface area (Å²) in [6, 6.07) is 3.94. The smallest absolute Gasteiger partial charge is 0.336 e. The number of hydrogen-bond donors (Lipinski definition) is 1. The molecule has 7 heteroatoms. The zero-order chi connectivity index (χ0) is 16.4. The largest absolute Gasteiger partial charge is 0.478 e. The first-order valence-corrected chi connectivity index (χ1v) is 7.98. The number of aryl methyl sites for hydroxylation is 1. The van der Waals surface area contributed by atoms with Crippen LogP contribution < -0.4 is 0 Å². The van der Waals surface area contributed by atoms with E-state index in [4.69, 9.17) is 5.11 Å². The van der Waals surface area contributed by atoms with Gasteiger partial charge in [-0.2, -0.15) is 0 Å². The lowest BCUT2D eigenvalue weighted by atomic mass is 10.1. The number of amides is 1. The van der Waals surface area contributed by atoms with Crippen LogP contribution in [-0.4, -0.2) is 49.6 Å². The molecule has 0 aromatic heterocycles. The highest BCUT2D eigenvalue weighted by Gasteiger charge is 2.31. The Kier molecular flexibility index (Phi) is 5.11. The molecule has 1 rings (SSSR count). The summed E-state index contributed by atoms with van der Waals surface area (Å²) in [5, 5.41) is 7.89. The lowest BCUT2D eigenvalue weighted by Gasteiger charge is -2.18. The van der Waals surface area contributed by atoms with Crippen LogP contribution in [0.1, 0.15) is 29.8 Å². The molecule has 1 aromatic carbocycles. The summed E-state index contributed by atoms with van der Waals surface area (Å²) in [7, 11) is -0.980. The molecule has 116 valence electrons. The second-order valence-corrected chi connectivity index (χ2v) is 7.17. The van der Waals surface area contributed by atoms with Gasteiger partial charge in [0.05, 0.1) is 10.5 Å². The topological polar surface area (TPSA) is 91.8 Å². The van der Waals surface area contributed by atoms with Gasteiger partial charge < -0.3 is 10.0 Å². The molecule has 0 spiro atoms. The Bertz CT molecular complexity index is 664. The highest BCUT2D eigenvalue weighted by Crippen LogP contribution is 2.21. The van der Waals surface area contributed by atoms with Gasteiger partial charge in [-0.1, -0.05) is 13.0 Å². The van der Waals surface area contributed by atoms with E-state index in [2.05, 4.69) is 0 Å². The third-order valence-corrected chi connectivity index (χ3v) is 5.32. The summed E-state index contributed by atoms with van der Waals surface area (Å²) in [5.74, 6) is -1.73. The normalized spacial score (nSPS) is 12.8. The molecule has 0 aliphatic rings. The Labute approximate surface area is 124 Å². The minimum absolute atomic E-state index is 0.0527. The van der Waals surface area contributed by atoms with Crippen LogP contribution in [0.25, 0.3) is 0 Å². The van der Waals surface area contributed by atoms with E-state index in [0.717, 1.165) is 6.07 Å². The summed E-state index contributed by atoms with van der Waals surface area (Å²) in [4.78, 5) is 24.1. The van der Waals surface area contributed by atoms with Gasteiger partial charge in [0.2, 0.25) is 5.91 Å². The van der Waals surface area contributed by atoms with Crippen LogP contribution in [0.15, 0.2) is 23.1 Å². The summed E-state index contributed by atoms with van der Waals surface area (Å²) in [6.45, 7) is 3.08. The van der Waals surface area contributed by atoms with E-state index < -0.39 is 27.0 Å². The summed E-state index contributed by atoms with van der Waals surface area (Å²) < 4.78 is 24.8. The maximum Gasteiger partial charge on any atom is 0.336 e. The predicted octanol–water partition coefficient (Wildman–Crippen LogP) is 1.20. The van der Waals surface area contributed by atoms with Crippen molar-refractivity contribution in [3.05, 3.63) is 29.3 Å². The molecule has 21 heavy (non-hydrogen) atoms. The molecule has 1 aromatic rings. The van der Waals surface area contributed by atoms with Crippen molar-refractivity contribution in [2.75, 3.05) is 14.1 Å². The molecule has 1 unspecified atom stereocenters. The molecule has 6 nitrogen and oxygen atoms in total. The quantitative estimate of drug-likeness (QED) is 0.882. The monoisotopic (exact) mass is 313 g/mol. The molecule has 0 fully saturated rings. The number of carbonyl (C=O) groups is 2. The van der Waals surface area contributed by atoms with Crippen LogP contribution in [0.5, 0.6) is 0 Å². The average Bonchev–Trinajstić information content (AvgIpc) is 2.44. The molecule has 0 radical (unpaired) electrons. The van der Waals surface area contributed by atoms with Crippen LogP contribution in [-0.2, 0) is 21.1 Å². The second kappa shape index (κ2) is 6.26. The van der Waals surface area contributed by atoms with Crippen molar-refractivity contribution in [3.63, 3.8) is 0 Å². The third kappa shape index (κ3) is 3.41. The Balaban J connectivity index is 3.36. The standard InChI is InChI=1S/C14H19NO5S/c1-5-10-6-7-11(8-12(10)14(17)18)21(19,20)9(2)13(16)15(3)4/h6-9H,5H2,1-4H3,(H,17,18). The highest BCUT2D eigenvalue weighted by molar-refractivity contribution is 7.92. The number of sulfone groups is 1. The molecule has 0 saturated carbocycles. The lowest BCUT2D eigenvalue weighted by molar-refractivity contribution is -0.127. The molecule has 0 aliphatic carbocycles. The van der Waals surface area contributed by atoms with Crippen LogP contribution >= 0.6 is 0 Å². The zero-order valence-electron chi connectivity index (χ0n) is 12.5. The number of carboxylic acid groups (broad SMARTS) is 1. The minimum atomic E-state index is -3.92. The first kappa shape index (κ1) is 17.2. The summed E-state index contributed by atoms with van der Waals surface area (Å²) in [6.07, 6.45) is 0.480. The van der Waals surface area contributed by atoms with Crippen molar-refractivity contribution >= 4 is 21.7 Å². The molecule has 0 bridgehead atoms. The molecule has 0 heterocycles. The number of rotatable bonds is 5. The first-order valence-electron chi connectivity index (χ1n) is 6.44. The van der Waals surface area contributed by atoms with Crippen LogP contribution in [0.2, 0.25) is 0 Å². The fourth-order valence-electron chi connectivity index (χ4n) is 1.94. The van der Waals surface area contributed by atoms with Gasteiger partial charge in [-0.3, -0.25) is 4.79 Å². The Morgan fingerprint density at radius 2 is 1.86 bits per heavy atom. The number of benzene rings is 1. The molecular weight excluding hydrogens is 294 g/mol. The number of carboxylic acids is 1. The van der Waals surface area contributed by atoms with Gasteiger partial charge in [0.25, 0.3) is 0 Å². The van der Waals surface area contributed by atoms with Crippen molar-refractivity contribution in [1.82, 2.24) is 4.90 Å². The molecule has 1 atom stereocenters. The van der Waals surface area contributed by atoms with Crippen molar-refractivity contribution < 1.29 is 23.1 Å². The fourth-order valence-corrected chi connectivity index (χ4v) is 3.36. The number of carbonyl (C=O) groups excluding carboxylic acids is 1. The van der Waals surface area contributed by atoms with Crippen molar-refractivity contribution in [1.29, 1.82) is 0 Å². The highest BCUT2D eigenvalue weighted by atomic mass is 32.2. The van der Waals surface area contributed by atoms with Gasteiger partial charge in [-0.25, -0.2) is 13.2 Å². The van der Waals surface area contributed by atoms with Crippen molar-refractivity contribution in [2.45, 2.75) is 30.4 Å². The Morgan fingerprint density at radius 1 is 1.29 bits per heavy atom. The number of hydrogen-bond acceptors (Lipinski definition) is 4. The average molecular weight is 313 g/mol. The maximum absolute atomic E-state index is 12.4. The number of nitrogens with zero attached hydrogens (tertiary/aromatic N) is 1. The molecular formula is C14H19NO5S. The van der Waals surface area contributed by atoms with Gasteiger partial charge in [-0.05, 0) is 31.0 Å². The minimum Gasteiger partial charge on any atom is -0.478 e. The van der Waals surface area contributed by atoms with E-state index in [-0.39, 0.29) is 10.5 Å². The third-order valence-electron chi connectivity index (χ3n) is 3.28.